The quantitative estimate of drug-likeness (QED) is 0.765. The Kier molecular flexibility index (Phi) is 5.25. The first-order valence-corrected chi connectivity index (χ1v) is 9.89. The first-order chi connectivity index (χ1) is 12.3. The van der Waals surface area contributed by atoms with Crippen LogP contribution in [0.3, 0.4) is 0 Å². The van der Waals surface area contributed by atoms with Crippen LogP contribution in [-0.2, 0) is 6.54 Å². The second-order valence-electron chi connectivity index (χ2n) is 7.04. The lowest BCUT2D eigenvalue weighted by Gasteiger charge is -2.17. The summed E-state index contributed by atoms with van der Waals surface area (Å²) in [5.74, 6) is 1.01. The van der Waals surface area contributed by atoms with E-state index in [0.29, 0.717) is 12.1 Å². The molecule has 132 valence electrons. The van der Waals surface area contributed by atoms with Crippen molar-refractivity contribution in [2.75, 3.05) is 13.1 Å². The minimum absolute atomic E-state index is 0.470. The molecular weight excluding hydrogens is 330 g/mol. The zero-order chi connectivity index (χ0) is 17.1. The van der Waals surface area contributed by atoms with Gasteiger partial charge in [0.05, 0.1) is 6.10 Å². The molecule has 0 amide bonds. The summed E-state index contributed by atoms with van der Waals surface area (Å²) in [6.45, 7) is 5.37. The highest BCUT2D eigenvalue weighted by atomic mass is 32.2. The van der Waals surface area contributed by atoms with E-state index in [-0.39, 0.29) is 0 Å². The third kappa shape index (κ3) is 4.75. The molecule has 1 aliphatic carbocycles. The monoisotopic (exact) mass is 355 g/mol. The number of aromatic nitrogens is 1. The fourth-order valence-corrected chi connectivity index (χ4v) is 3.91. The molecule has 2 heterocycles. The van der Waals surface area contributed by atoms with Crippen molar-refractivity contribution in [3.8, 4) is 5.75 Å². The van der Waals surface area contributed by atoms with Crippen molar-refractivity contribution in [1.29, 1.82) is 0 Å². The van der Waals surface area contributed by atoms with E-state index in [9.17, 15) is 0 Å². The van der Waals surface area contributed by atoms with Gasteiger partial charge in [-0.15, -0.1) is 0 Å². The summed E-state index contributed by atoms with van der Waals surface area (Å²) >= 11 is 1.71. The molecule has 1 aromatic carbocycles. The Labute approximate surface area is 154 Å². The molecule has 1 unspecified atom stereocenters. The Morgan fingerprint density at radius 2 is 2.04 bits per heavy atom. The Bertz CT molecular complexity index is 702. The van der Waals surface area contributed by atoms with E-state index in [1.54, 1.807) is 11.9 Å². The number of aryl methyl sites for hydroxylation is 1. The fourth-order valence-electron chi connectivity index (χ4n) is 3.09. The summed E-state index contributed by atoms with van der Waals surface area (Å²) in [4.78, 5) is 7.94. The third-order valence-corrected chi connectivity index (χ3v) is 5.85. The molecule has 4 nitrogen and oxygen atoms in total. The van der Waals surface area contributed by atoms with Crippen LogP contribution >= 0.6 is 11.9 Å². The van der Waals surface area contributed by atoms with Gasteiger partial charge >= 0.3 is 0 Å². The second-order valence-corrected chi connectivity index (χ2v) is 7.92. The van der Waals surface area contributed by atoms with Crippen molar-refractivity contribution in [3.05, 3.63) is 53.9 Å². The Balaban J connectivity index is 1.24. The average Bonchev–Trinajstić information content (AvgIpc) is 3.33. The molecule has 0 bridgehead atoms. The van der Waals surface area contributed by atoms with Crippen molar-refractivity contribution < 1.29 is 4.74 Å². The molecule has 0 radical (unpaired) electrons. The van der Waals surface area contributed by atoms with Crippen molar-refractivity contribution in [2.45, 2.75) is 49.8 Å². The van der Waals surface area contributed by atoms with Crippen LogP contribution in [0.2, 0.25) is 0 Å². The number of rotatable bonds is 7. The van der Waals surface area contributed by atoms with Crippen LogP contribution in [0.1, 0.15) is 30.4 Å². The number of hydrogen-bond donors (Lipinski definition) is 1. The van der Waals surface area contributed by atoms with Gasteiger partial charge in [0.2, 0.25) is 0 Å². The lowest BCUT2D eigenvalue weighted by Crippen LogP contribution is -2.28. The van der Waals surface area contributed by atoms with E-state index in [4.69, 9.17) is 4.74 Å². The molecule has 1 saturated carbocycles. The van der Waals surface area contributed by atoms with Gasteiger partial charge in [-0.1, -0.05) is 12.1 Å². The molecule has 4 rings (SSSR count). The number of benzene rings is 1. The molecule has 1 aliphatic heterocycles. The molecular formula is C20H25N3OS. The minimum Gasteiger partial charge on any atom is -0.490 e. The molecule has 0 spiro atoms. The summed E-state index contributed by atoms with van der Waals surface area (Å²) in [5.41, 5.74) is 2.63. The van der Waals surface area contributed by atoms with Crippen LogP contribution in [0.4, 0.5) is 0 Å². The Morgan fingerprint density at radius 3 is 2.80 bits per heavy atom. The number of ether oxygens (including phenoxy) is 1. The summed E-state index contributed by atoms with van der Waals surface area (Å²) in [6.07, 6.45) is 7.86. The predicted octanol–water partition coefficient (Wildman–Crippen LogP) is 3.80. The van der Waals surface area contributed by atoms with Crippen molar-refractivity contribution in [2.24, 2.45) is 0 Å². The van der Waals surface area contributed by atoms with E-state index in [0.717, 1.165) is 25.4 Å². The van der Waals surface area contributed by atoms with Crippen molar-refractivity contribution in [1.82, 2.24) is 14.6 Å². The van der Waals surface area contributed by atoms with Crippen LogP contribution in [-0.4, -0.2) is 35.1 Å². The first kappa shape index (κ1) is 16.9. The van der Waals surface area contributed by atoms with Gasteiger partial charge in [0.25, 0.3) is 0 Å². The van der Waals surface area contributed by atoms with E-state index >= 15 is 0 Å². The van der Waals surface area contributed by atoms with Gasteiger partial charge < -0.3 is 4.74 Å². The largest absolute Gasteiger partial charge is 0.490 e. The standard InChI is InChI=1S/C20H25N3OS/c1-15-8-10-21-12-20(15)25-22-17-9-11-23(14-17)13-16-2-4-18(5-3-16)24-19-6-7-19/h2-5,8,10,12,17,19,22H,6-7,9,11,13-14H2,1H3. The van der Waals surface area contributed by atoms with Gasteiger partial charge in [-0.2, -0.15) is 0 Å². The van der Waals surface area contributed by atoms with Gasteiger partial charge in [-0.05, 0) is 67.5 Å². The molecule has 1 saturated heterocycles. The number of nitrogens with one attached hydrogen (secondary N) is 1. The van der Waals surface area contributed by atoms with Crippen LogP contribution in [0, 0.1) is 6.92 Å². The van der Waals surface area contributed by atoms with Crippen molar-refractivity contribution in [3.63, 3.8) is 0 Å². The highest BCUT2D eigenvalue weighted by Gasteiger charge is 2.24. The Hall–Kier alpha value is -1.56. The van der Waals surface area contributed by atoms with Gasteiger partial charge in [0.1, 0.15) is 5.75 Å². The van der Waals surface area contributed by atoms with Crippen LogP contribution < -0.4 is 9.46 Å². The molecule has 1 N–H and O–H groups in total. The van der Waals surface area contributed by atoms with Gasteiger partial charge in [-0.25, -0.2) is 0 Å². The molecule has 25 heavy (non-hydrogen) atoms. The Morgan fingerprint density at radius 1 is 1.20 bits per heavy atom. The van der Waals surface area contributed by atoms with E-state index in [2.05, 4.69) is 51.9 Å². The van der Waals surface area contributed by atoms with Gasteiger partial charge in [-0.3, -0.25) is 14.6 Å². The highest BCUT2D eigenvalue weighted by molar-refractivity contribution is 7.97. The number of likely N-dealkylation sites (tertiary alicyclic amines) is 1. The lowest BCUT2D eigenvalue weighted by molar-refractivity contribution is 0.302. The molecule has 2 aliphatic rings. The maximum absolute atomic E-state index is 5.82. The normalized spacial score (nSPS) is 20.8. The molecule has 1 aromatic heterocycles. The van der Waals surface area contributed by atoms with E-state index in [1.807, 2.05) is 12.4 Å². The third-order valence-electron chi connectivity index (χ3n) is 4.76. The molecule has 1 atom stereocenters. The van der Waals surface area contributed by atoms with Gasteiger partial charge in [0.15, 0.2) is 0 Å². The maximum Gasteiger partial charge on any atom is 0.119 e. The minimum atomic E-state index is 0.470. The molecule has 2 fully saturated rings. The zero-order valence-corrected chi connectivity index (χ0v) is 15.5. The van der Waals surface area contributed by atoms with Crippen LogP contribution in [0.25, 0.3) is 0 Å². The number of pyridine rings is 1. The van der Waals surface area contributed by atoms with E-state index in [1.165, 1.54) is 35.3 Å². The topological polar surface area (TPSA) is 37.4 Å². The molecule has 5 heteroatoms. The van der Waals surface area contributed by atoms with Crippen LogP contribution in [0.15, 0.2) is 47.6 Å². The second kappa shape index (κ2) is 7.77. The first-order valence-electron chi connectivity index (χ1n) is 9.07. The fraction of sp³-hybridized carbons (Fsp3) is 0.450. The van der Waals surface area contributed by atoms with Crippen molar-refractivity contribution >= 4 is 11.9 Å². The summed E-state index contributed by atoms with van der Waals surface area (Å²) in [5, 5.41) is 0. The van der Waals surface area contributed by atoms with Gasteiger partial charge in [0, 0.05) is 43.0 Å². The average molecular weight is 356 g/mol. The maximum atomic E-state index is 5.82. The lowest BCUT2D eigenvalue weighted by atomic mass is 10.2. The predicted molar refractivity (Wildman–Crippen MR) is 102 cm³/mol. The zero-order valence-electron chi connectivity index (χ0n) is 14.6. The summed E-state index contributed by atoms with van der Waals surface area (Å²) in [7, 11) is 0. The summed E-state index contributed by atoms with van der Waals surface area (Å²) in [6, 6.07) is 11.2. The SMILES string of the molecule is Cc1ccncc1SNC1CCN(Cc2ccc(OC3CC3)cc2)C1. The smallest absolute Gasteiger partial charge is 0.119 e. The number of nitrogens with zero attached hydrogens (tertiary/aromatic N) is 2. The highest BCUT2D eigenvalue weighted by Crippen LogP contribution is 2.27. The molecule has 2 aromatic rings. The van der Waals surface area contributed by atoms with Crippen LogP contribution in [0.5, 0.6) is 5.75 Å². The summed E-state index contributed by atoms with van der Waals surface area (Å²) < 4.78 is 9.43. The van der Waals surface area contributed by atoms with E-state index < -0.39 is 0 Å². The number of hydrogen-bond acceptors (Lipinski definition) is 5.